The first-order chi connectivity index (χ1) is 19.8. The lowest BCUT2D eigenvalue weighted by molar-refractivity contribution is -0.148. The lowest BCUT2D eigenvalue weighted by Crippen LogP contribution is -2.63. The van der Waals surface area contributed by atoms with Gasteiger partial charge in [-0.05, 0) is 50.0 Å². The molecule has 0 bridgehead atoms. The first-order valence-corrected chi connectivity index (χ1v) is 13.4. The van der Waals surface area contributed by atoms with E-state index in [1.807, 2.05) is 0 Å². The first kappa shape index (κ1) is 29.1. The number of nitrogens with two attached hydrogens (primary N) is 1. The number of Topliss-reactive ketones (excluding diaryl/α,β-unsaturated/α-hetero) is 2. The fourth-order valence-corrected chi connectivity index (χ4v) is 6.71. The number of allylic oxidation sites excluding steroid dienone is 1. The summed E-state index contributed by atoms with van der Waals surface area (Å²) < 4.78 is 5.28. The highest BCUT2D eigenvalue weighted by molar-refractivity contribution is 6.24. The zero-order valence-corrected chi connectivity index (χ0v) is 23.1. The average molecular weight is 581 g/mol. The van der Waals surface area contributed by atoms with Crippen LogP contribution in [0.4, 0.5) is 4.79 Å². The molecule has 0 spiro atoms. The summed E-state index contributed by atoms with van der Waals surface area (Å²) in [5.41, 5.74) is 2.11. The molecule has 1 heterocycles. The molecule has 1 aliphatic heterocycles. The van der Waals surface area contributed by atoms with Gasteiger partial charge in [-0.1, -0.05) is 5.92 Å². The molecule has 0 saturated carbocycles. The van der Waals surface area contributed by atoms with Crippen molar-refractivity contribution in [2.75, 3.05) is 40.4 Å². The van der Waals surface area contributed by atoms with Crippen LogP contribution in [-0.4, -0.2) is 106 Å². The van der Waals surface area contributed by atoms with Gasteiger partial charge in [-0.3, -0.25) is 19.3 Å². The summed E-state index contributed by atoms with van der Waals surface area (Å²) in [5, 5.41) is 47.9. The molecule has 5 rings (SSSR count). The molecule has 3 amide bonds. The lowest BCUT2D eigenvalue weighted by atomic mass is 9.58. The van der Waals surface area contributed by atoms with Crippen LogP contribution in [0.25, 0.3) is 0 Å². The number of phenolic OH excluding ortho intramolecular Hbond substituents is 1. The Morgan fingerprint density at radius 3 is 2.50 bits per heavy atom. The van der Waals surface area contributed by atoms with Crippen molar-refractivity contribution in [2.24, 2.45) is 17.6 Å². The van der Waals surface area contributed by atoms with Crippen LogP contribution in [0.1, 0.15) is 33.5 Å². The number of ketones is 2. The highest BCUT2D eigenvalue weighted by Crippen LogP contribution is 2.52. The minimum atomic E-state index is -2.74. The van der Waals surface area contributed by atoms with E-state index in [4.69, 9.17) is 16.9 Å². The number of primary amides is 1. The number of likely N-dealkylation sites (N-methyl/N-ethyl adjacent to an activating group) is 1. The number of phenols is 1. The summed E-state index contributed by atoms with van der Waals surface area (Å²) in [6.45, 7) is 1.63. The zero-order chi connectivity index (χ0) is 30.7. The zero-order valence-electron chi connectivity index (χ0n) is 23.1. The van der Waals surface area contributed by atoms with E-state index in [2.05, 4.69) is 11.2 Å². The fourth-order valence-electron chi connectivity index (χ4n) is 6.71. The van der Waals surface area contributed by atoms with Crippen molar-refractivity contribution in [3.8, 4) is 18.1 Å². The van der Waals surface area contributed by atoms with Gasteiger partial charge >= 0.3 is 6.03 Å². The summed E-state index contributed by atoms with van der Waals surface area (Å²) in [7, 11) is 3.11. The molecule has 7 N–H and O–H groups in total. The van der Waals surface area contributed by atoms with Crippen LogP contribution in [0, 0.1) is 24.2 Å². The Morgan fingerprint density at radius 2 is 1.90 bits per heavy atom. The van der Waals surface area contributed by atoms with Crippen molar-refractivity contribution in [2.45, 2.75) is 31.0 Å². The van der Waals surface area contributed by atoms with Crippen LogP contribution < -0.4 is 11.1 Å². The molecule has 1 aromatic rings. The Kier molecular flexibility index (Phi) is 7.26. The third-order valence-electron chi connectivity index (χ3n) is 8.70. The third kappa shape index (κ3) is 4.22. The Labute approximate surface area is 241 Å². The molecule has 42 heavy (non-hydrogen) atoms. The van der Waals surface area contributed by atoms with Gasteiger partial charge in [-0.25, -0.2) is 4.79 Å². The molecule has 0 unspecified atom stereocenters. The molecular formula is C29H32N4O9. The van der Waals surface area contributed by atoms with E-state index in [9.17, 15) is 39.6 Å². The Balaban J connectivity index is 1.60. The third-order valence-corrected chi connectivity index (χ3v) is 8.70. The van der Waals surface area contributed by atoms with Crippen molar-refractivity contribution < 1.29 is 44.3 Å². The van der Waals surface area contributed by atoms with Gasteiger partial charge in [0.05, 0.1) is 30.4 Å². The van der Waals surface area contributed by atoms with Crippen LogP contribution >= 0.6 is 0 Å². The molecule has 13 heteroatoms. The van der Waals surface area contributed by atoms with Gasteiger partial charge in [-0.15, -0.1) is 6.42 Å². The molecule has 1 aromatic carbocycles. The minimum Gasteiger partial charge on any atom is -0.510 e. The van der Waals surface area contributed by atoms with Gasteiger partial charge in [0.1, 0.15) is 22.8 Å². The number of morpholine rings is 1. The smallest absolute Gasteiger partial charge is 0.317 e. The maximum Gasteiger partial charge on any atom is 0.317 e. The summed E-state index contributed by atoms with van der Waals surface area (Å²) in [6, 6.07) is 0.0716. The number of benzene rings is 1. The maximum atomic E-state index is 14.0. The van der Waals surface area contributed by atoms with Gasteiger partial charge in [0.25, 0.3) is 5.91 Å². The molecule has 222 valence electrons. The number of aliphatic hydroxyl groups is 3. The quantitative estimate of drug-likeness (QED) is 0.202. The summed E-state index contributed by atoms with van der Waals surface area (Å²) >= 11 is 0. The Bertz CT molecular complexity index is 1520. The van der Waals surface area contributed by atoms with Crippen molar-refractivity contribution >= 4 is 23.5 Å². The van der Waals surface area contributed by atoms with Gasteiger partial charge in [0, 0.05) is 31.1 Å². The predicted octanol–water partition coefficient (Wildman–Crippen LogP) is -0.356. The van der Waals surface area contributed by atoms with Crippen LogP contribution in [0.3, 0.4) is 0 Å². The number of terminal acetylenes is 1. The number of aliphatic hydroxyl groups excluding tert-OH is 2. The molecule has 3 aliphatic carbocycles. The largest absolute Gasteiger partial charge is 0.510 e. The van der Waals surface area contributed by atoms with Crippen molar-refractivity contribution in [3.63, 3.8) is 0 Å². The number of aromatic hydroxyl groups is 1. The fraction of sp³-hybridized carbons (Fsp3) is 0.448. The second kappa shape index (κ2) is 10.5. The van der Waals surface area contributed by atoms with Crippen LogP contribution in [-0.2, 0) is 27.3 Å². The summed E-state index contributed by atoms with van der Waals surface area (Å²) in [4.78, 5) is 55.4. The maximum absolute atomic E-state index is 14.0. The van der Waals surface area contributed by atoms with Crippen molar-refractivity contribution in [3.05, 3.63) is 51.0 Å². The van der Waals surface area contributed by atoms with E-state index in [1.165, 1.54) is 11.0 Å². The molecular weight excluding hydrogens is 548 g/mol. The van der Waals surface area contributed by atoms with Crippen LogP contribution in [0.2, 0.25) is 0 Å². The Hall–Kier alpha value is -4.38. The van der Waals surface area contributed by atoms with E-state index >= 15 is 0 Å². The number of urea groups is 1. The summed E-state index contributed by atoms with van der Waals surface area (Å²) in [6.07, 6.45) is 5.63. The van der Waals surface area contributed by atoms with Crippen molar-refractivity contribution in [1.29, 1.82) is 0 Å². The molecule has 13 nitrogen and oxygen atoms in total. The number of carbonyl (C=O) groups is 4. The van der Waals surface area contributed by atoms with E-state index in [0.717, 1.165) is 0 Å². The van der Waals surface area contributed by atoms with Gasteiger partial charge in [-0.2, -0.15) is 0 Å². The van der Waals surface area contributed by atoms with E-state index < -0.39 is 63.8 Å². The van der Waals surface area contributed by atoms with E-state index in [0.29, 0.717) is 37.4 Å². The van der Waals surface area contributed by atoms with Crippen LogP contribution in [0.15, 0.2) is 28.7 Å². The van der Waals surface area contributed by atoms with Gasteiger partial charge in [0.2, 0.25) is 5.78 Å². The van der Waals surface area contributed by atoms with Crippen LogP contribution in [0.5, 0.6) is 5.75 Å². The second-order valence-corrected chi connectivity index (χ2v) is 11.2. The second-order valence-electron chi connectivity index (χ2n) is 11.2. The number of fused-ring (bicyclic) bond motifs is 3. The molecule has 0 aromatic heterocycles. The standard InChI is InChI=1S/C29H32N4O9/c1-4-13-9-15(12-31-28(40)33-5-7-42-8-6-33)16-10-14-11-17-21(32(2)3)24(36)20(27(30)39)26(38)29(17,41)25(37)18(14)23(35)19(16)22(13)34/h1,9,14,17,21,34,36-37,41H,5-8,10-12H2,2-3H3,(H2,30,39)(H,31,40)/t14-,17-,21+,29-/m0/s1. The summed E-state index contributed by atoms with van der Waals surface area (Å²) in [5.74, 6) is -5.15. The minimum absolute atomic E-state index is 0.0177. The van der Waals surface area contributed by atoms with Gasteiger partial charge < -0.3 is 41.1 Å². The number of nitrogens with one attached hydrogen (secondary N) is 1. The number of rotatable bonds is 4. The molecule has 1 saturated heterocycles. The highest BCUT2D eigenvalue weighted by Gasteiger charge is 2.63. The molecule has 4 aliphatic rings. The number of carbonyl (C=O) groups excluding carboxylic acids is 4. The number of hydrogen-bond donors (Lipinski definition) is 6. The number of ether oxygens (including phenoxy) is 1. The topological polar surface area (TPSA) is 203 Å². The average Bonchev–Trinajstić information content (AvgIpc) is 2.94. The highest BCUT2D eigenvalue weighted by atomic mass is 16.5. The predicted molar refractivity (Wildman–Crippen MR) is 146 cm³/mol. The van der Waals surface area contributed by atoms with E-state index in [1.54, 1.807) is 19.0 Å². The number of nitrogens with zero attached hydrogens (tertiary/aromatic N) is 2. The first-order valence-electron chi connectivity index (χ1n) is 13.4. The molecule has 4 atom stereocenters. The Morgan fingerprint density at radius 1 is 1.24 bits per heavy atom. The number of hydrogen-bond acceptors (Lipinski definition) is 10. The van der Waals surface area contributed by atoms with Gasteiger partial charge in [0.15, 0.2) is 11.4 Å². The molecule has 1 fully saturated rings. The lowest BCUT2D eigenvalue weighted by Gasteiger charge is -2.50. The SMILES string of the molecule is C#Cc1cc(CNC(=O)N2CCOCC2)c2c(c1O)C(=O)C1=C(O)[C@]3(O)C(=O)C(C(N)=O)=C(O)[C@H](N(C)C)[C@@H]3C[C@@H]1C2. The van der Waals surface area contributed by atoms with Crippen molar-refractivity contribution in [1.82, 2.24) is 15.1 Å². The number of amides is 3. The van der Waals surface area contributed by atoms with E-state index in [-0.39, 0.29) is 42.1 Å². The molecule has 0 radical (unpaired) electrons. The normalized spacial score (nSPS) is 27.3. The monoisotopic (exact) mass is 580 g/mol.